The Morgan fingerprint density at radius 1 is 1.40 bits per heavy atom. The second-order valence-corrected chi connectivity index (χ2v) is 2.63. The minimum atomic E-state index is 0.472. The Balaban J connectivity index is 2.81. The first-order chi connectivity index (χ1) is 4.84. The van der Waals surface area contributed by atoms with Crippen molar-refractivity contribution in [2.24, 2.45) is 5.90 Å². The van der Waals surface area contributed by atoms with Gasteiger partial charge in [-0.15, -0.1) is 9.24 Å². The summed E-state index contributed by atoms with van der Waals surface area (Å²) in [6, 6.07) is 7.92. The molecule has 0 aliphatic carbocycles. The van der Waals surface area contributed by atoms with Gasteiger partial charge in [0.1, 0.15) is 0 Å². The van der Waals surface area contributed by atoms with E-state index >= 15 is 0 Å². The van der Waals surface area contributed by atoms with Gasteiger partial charge in [-0.3, -0.25) is 4.84 Å². The summed E-state index contributed by atoms with van der Waals surface area (Å²) >= 11 is 0. The van der Waals surface area contributed by atoms with E-state index in [0.717, 1.165) is 10.9 Å². The quantitative estimate of drug-likeness (QED) is 0.500. The highest BCUT2D eigenvalue weighted by Gasteiger charge is 1.93. The van der Waals surface area contributed by atoms with Gasteiger partial charge in [0, 0.05) is 0 Å². The standard InChI is InChI=1S/C7H10NOP/c8-9-5-6-3-1-2-4-7(6)10/h1-4H,5,8,10H2. The van der Waals surface area contributed by atoms with E-state index in [1.807, 2.05) is 24.3 Å². The third kappa shape index (κ3) is 1.77. The van der Waals surface area contributed by atoms with E-state index in [0.29, 0.717) is 6.61 Å². The van der Waals surface area contributed by atoms with Crippen LogP contribution in [0.3, 0.4) is 0 Å². The molecule has 54 valence electrons. The largest absolute Gasteiger partial charge is 0.300 e. The molecule has 0 aliphatic heterocycles. The smallest absolute Gasteiger partial charge is 0.0936 e. The molecular weight excluding hydrogens is 145 g/mol. The van der Waals surface area contributed by atoms with Crippen molar-refractivity contribution in [2.45, 2.75) is 6.61 Å². The fourth-order valence-corrected chi connectivity index (χ4v) is 1.05. The molecule has 1 unspecified atom stereocenters. The van der Waals surface area contributed by atoms with Crippen LogP contribution in [0.25, 0.3) is 0 Å². The van der Waals surface area contributed by atoms with Crippen LogP contribution in [0, 0.1) is 0 Å². The van der Waals surface area contributed by atoms with Crippen molar-refractivity contribution in [3.05, 3.63) is 29.8 Å². The molecule has 10 heavy (non-hydrogen) atoms. The predicted molar refractivity (Wildman–Crippen MR) is 44.8 cm³/mol. The Morgan fingerprint density at radius 3 is 2.70 bits per heavy atom. The zero-order valence-electron chi connectivity index (χ0n) is 5.58. The first-order valence-corrected chi connectivity index (χ1v) is 3.57. The Morgan fingerprint density at radius 2 is 2.10 bits per heavy atom. The second kappa shape index (κ2) is 3.67. The SMILES string of the molecule is NOCc1ccccc1P. The Kier molecular flexibility index (Phi) is 2.82. The molecule has 0 saturated carbocycles. The number of hydrogen-bond donors (Lipinski definition) is 1. The second-order valence-electron chi connectivity index (χ2n) is 2.01. The molecule has 0 radical (unpaired) electrons. The molecule has 0 amide bonds. The fraction of sp³-hybridized carbons (Fsp3) is 0.143. The van der Waals surface area contributed by atoms with Crippen molar-refractivity contribution in [3.8, 4) is 0 Å². The topological polar surface area (TPSA) is 35.2 Å². The molecule has 0 spiro atoms. The summed E-state index contributed by atoms with van der Waals surface area (Å²) in [6.45, 7) is 0.472. The van der Waals surface area contributed by atoms with Gasteiger partial charge in [0.05, 0.1) is 6.61 Å². The van der Waals surface area contributed by atoms with Gasteiger partial charge in [0.2, 0.25) is 0 Å². The molecule has 2 nitrogen and oxygen atoms in total. The Bertz CT molecular complexity index is 215. The van der Waals surface area contributed by atoms with Crippen LogP contribution in [0.15, 0.2) is 24.3 Å². The van der Waals surface area contributed by atoms with Crippen molar-refractivity contribution >= 4 is 14.5 Å². The van der Waals surface area contributed by atoms with Crippen molar-refractivity contribution in [1.82, 2.24) is 0 Å². The summed E-state index contributed by atoms with van der Waals surface area (Å²) in [5, 5.41) is 1.13. The highest BCUT2D eigenvalue weighted by Crippen LogP contribution is 2.00. The monoisotopic (exact) mass is 155 g/mol. The van der Waals surface area contributed by atoms with E-state index in [2.05, 4.69) is 14.1 Å². The van der Waals surface area contributed by atoms with E-state index in [4.69, 9.17) is 5.90 Å². The summed E-state index contributed by atoms with van der Waals surface area (Å²) in [5.41, 5.74) is 1.11. The molecule has 1 atom stereocenters. The molecule has 3 heteroatoms. The highest BCUT2D eigenvalue weighted by atomic mass is 31.0. The number of rotatable bonds is 2. The molecule has 0 aromatic heterocycles. The van der Waals surface area contributed by atoms with Gasteiger partial charge in [-0.1, -0.05) is 24.3 Å². The van der Waals surface area contributed by atoms with Crippen molar-refractivity contribution in [2.75, 3.05) is 0 Å². The first kappa shape index (κ1) is 7.67. The third-order valence-electron chi connectivity index (χ3n) is 1.29. The maximum atomic E-state index is 4.92. The Hall–Kier alpha value is -0.430. The van der Waals surface area contributed by atoms with E-state index in [1.54, 1.807) is 0 Å². The van der Waals surface area contributed by atoms with Gasteiger partial charge < -0.3 is 0 Å². The average Bonchev–Trinajstić information content (AvgIpc) is 1.94. The van der Waals surface area contributed by atoms with E-state index in [-0.39, 0.29) is 0 Å². The maximum Gasteiger partial charge on any atom is 0.0936 e. The number of benzene rings is 1. The van der Waals surface area contributed by atoms with Crippen LogP contribution in [0.5, 0.6) is 0 Å². The lowest BCUT2D eigenvalue weighted by Gasteiger charge is -2.01. The van der Waals surface area contributed by atoms with Crippen LogP contribution < -0.4 is 11.2 Å². The predicted octanol–water partition coefficient (Wildman–Crippen LogP) is 0.577. The lowest BCUT2D eigenvalue weighted by atomic mass is 10.2. The van der Waals surface area contributed by atoms with Crippen molar-refractivity contribution < 1.29 is 4.84 Å². The van der Waals surface area contributed by atoms with Gasteiger partial charge in [-0.25, -0.2) is 5.90 Å². The van der Waals surface area contributed by atoms with Gasteiger partial charge in [0.25, 0.3) is 0 Å². The number of hydrogen-bond acceptors (Lipinski definition) is 2. The summed E-state index contributed by atoms with van der Waals surface area (Å²) in [4.78, 5) is 4.50. The molecule has 0 saturated heterocycles. The van der Waals surface area contributed by atoms with E-state index in [1.165, 1.54) is 0 Å². The minimum Gasteiger partial charge on any atom is -0.300 e. The molecule has 2 N–H and O–H groups in total. The summed E-state index contributed by atoms with van der Waals surface area (Å²) < 4.78 is 0. The normalized spacial score (nSPS) is 9.80. The van der Waals surface area contributed by atoms with Crippen LogP contribution >= 0.6 is 9.24 Å². The minimum absolute atomic E-state index is 0.472. The van der Waals surface area contributed by atoms with Gasteiger partial charge >= 0.3 is 0 Å². The fourth-order valence-electron chi connectivity index (χ4n) is 0.755. The van der Waals surface area contributed by atoms with Crippen LogP contribution in [-0.2, 0) is 11.4 Å². The van der Waals surface area contributed by atoms with Crippen LogP contribution in [0.2, 0.25) is 0 Å². The number of nitrogens with two attached hydrogens (primary N) is 1. The lowest BCUT2D eigenvalue weighted by molar-refractivity contribution is 0.124. The van der Waals surface area contributed by atoms with Crippen LogP contribution in [0.4, 0.5) is 0 Å². The zero-order valence-corrected chi connectivity index (χ0v) is 6.73. The maximum absolute atomic E-state index is 4.92. The molecule has 0 bridgehead atoms. The zero-order chi connectivity index (χ0) is 7.40. The summed E-state index contributed by atoms with van der Waals surface area (Å²) in [7, 11) is 2.63. The van der Waals surface area contributed by atoms with Gasteiger partial charge in [-0.2, -0.15) is 0 Å². The third-order valence-corrected chi connectivity index (χ3v) is 1.86. The van der Waals surface area contributed by atoms with Gasteiger partial charge in [0.15, 0.2) is 0 Å². The molecular formula is C7H10NOP. The van der Waals surface area contributed by atoms with Crippen molar-refractivity contribution in [1.29, 1.82) is 0 Å². The summed E-state index contributed by atoms with van der Waals surface area (Å²) in [5.74, 6) is 4.92. The van der Waals surface area contributed by atoms with E-state index < -0.39 is 0 Å². The molecule has 0 aliphatic rings. The van der Waals surface area contributed by atoms with Gasteiger partial charge in [-0.05, 0) is 10.9 Å². The highest BCUT2D eigenvalue weighted by molar-refractivity contribution is 7.27. The lowest BCUT2D eigenvalue weighted by Crippen LogP contribution is -2.06. The van der Waals surface area contributed by atoms with Crippen LogP contribution in [0.1, 0.15) is 5.56 Å². The Labute approximate surface area is 62.5 Å². The summed E-state index contributed by atoms with van der Waals surface area (Å²) in [6.07, 6.45) is 0. The first-order valence-electron chi connectivity index (χ1n) is 2.99. The molecule has 0 fully saturated rings. The molecule has 1 rings (SSSR count). The average molecular weight is 155 g/mol. The molecule has 0 heterocycles. The molecule has 1 aromatic rings. The van der Waals surface area contributed by atoms with Crippen LogP contribution in [-0.4, -0.2) is 0 Å². The van der Waals surface area contributed by atoms with Crippen molar-refractivity contribution in [3.63, 3.8) is 0 Å². The molecule has 1 aromatic carbocycles. The van der Waals surface area contributed by atoms with E-state index in [9.17, 15) is 0 Å².